The molecule has 0 aromatic heterocycles. The summed E-state index contributed by atoms with van der Waals surface area (Å²) >= 11 is 5.27. The van der Waals surface area contributed by atoms with E-state index in [0.717, 1.165) is 12.8 Å². The zero-order valence-corrected chi connectivity index (χ0v) is 17.1. The van der Waals surface area contributed by atoms with Gasteiger partial charge in [-0.3, -0.25) is 15.6 Å². The summed E-state index contributed by atoms with van der Waals surface area (Å²) in [6.45, 7) is 3.40. The number of hydrazine groups is 1. The normalized spacial score (nSPS) is 21.7. The minimum Gasteiger partial charge on any atom is -0.490 e. The largest absolute Gasteiger partial charge is 0.490 e. The maximum atomic E-state index is 12.5. The van der Waals surface area contributed by atoms with Crippen LogP contribution >= 0.6 is 12.2 Å². The molecule has 9 heteroatoms. The van der Waals surface area contributed by atoms with Crippen molar-refractivity contribution in [3.05, 3.63) is 23.8 Å². The fourth-order valence-corrected chi connectivity index (χ4v) is 3.49. The lowest BCUT2D eigenvalue weighted by Crippen LogP contribution is -2.52. The van der Waals surface area contributed by atoms with Crippen molar-refractivity contribution in [1.29, 1.82) is 0 Å². The van der Waals surface area contributed by atoms with Crippen molar-refractivity contribution >= 4 is 23.2 Å². The van der Waals surface area contributed by atoms with Gasteiger partial charge in [0.25, 0.3) is 5.91 Å². The molecule has 1 aliphatic carbocycles. The number of hydrogen-bond acceptors (Lipinski definition) is 4. The van der Waals surface area contributed by atoms with Gasteiger partial charge in [-0.15, -0.1) is 0 Å². The zero-order valence-electron chi connectivity index (χ0n) is 16.3. The Hall–Kier alpha value is -2.16. The summed E-state index contributed by atoms with van der Waals surface area (Å²) in [5.74, 6) is 0.578. The molecule has 0 radical (unpaired) electrons. The molecule has 1 aliphatic rings. The van der Waals surface area contributed by atoms with Gasteiger partial charge in [-0.05, 0) is 55.6 Å². The molecule has 1 fully saturated rings. The van der Waals surface area contributed by atoms with E-state index < -0.39 is 12.5 Å². The van der Waals surface area contributed by atoms with Crippen LogP contribution in [-0.4, -0.2) is 30.3 Å². The monoisotopic (exact) mass is 415 g/mol. The molecule has 1 saturated carbocycles. The van der Waals surface area contributed by atoms with Crippen LogP contribution in [0.25, 0.3) is 0 Å². The van der Waals surface area contributed by atoms with Crippen LogP contribution in [0.5, 0.6) is 11.5 Å². The van der Waals surface area contributed by atoms with Crippen LogP contribution in [0.2, 0.25) is 0 Å². The molecule has 0 spiro atoms. The highest BCUT2D eigenvalue weighted by Gasteiger charge is 2.27. The Balaban J connectivity index is 1.93. The van der Waals surface area contributed by atoms with Gasteiger partial charge >= 0.3 is 6.61 Å². The number of carbonyl (C=O) groups is 1. The molecular formula is C19H27F2N3O3S. The molecule has 1 aromatic carbocycles. The molecule has 0 heterocycles. The molecule has 2 rings (SSSR count). The molecule has 1 amide bonds. The fraction of sp³-hybridized carbons (Fsp3) is 0.579. The summed E-state index contributed by atoms with van der Waals surface area (Å²) in [6.07, 6.45) is 3.39. The maximum Gasteiger partial charge on any atom is 0.387 e. The number of hydrogen-bond donors (Lipinski definition) is 3. The molecule has 3 atom stereocenters. The highest BCUT2D eigenvalue weighted by Crippen LogP contribution is 2.30. The van der Waals surface area contributed by atoms with Crippen LogP contribution in [0, 0.1) is 11.8 Å². The Kier molecular flexibility index (Phi) is 8.22. The topological polar surface area (TPSA) is 71.6 Å². The van der Waals surface area contributed by atoms with Gasteiger partial charge in [-0.2, -0.15) is 8.78 Å². The number of carbonyl (C=O) groups excluding carboxylic acids is 1. The lowest BCUT2D eigenvalue weighted by atomic mass is 9.78. The minimum atomic E-state index is -2.98. The zero-order chi connectivity index (χ0) is 20.7. The second-order valence-electron chi connectivity index (χ2n) is 6.90. The van der Waals surface area contributed by atoms with Gasteiger partial charge in [0.05, 0.1) is 6.61 Å². The second kappa shape index (κ2) is 10.4. The summed E-state index contributed by atoms with van der Waals surface area (Å²) < 4.78 is 34.6. The van der Waals surface area contributed by atoms with E-state index in [2.05, 4.69) is 34.8 Å². The first-order valence-corrected chi connectivity index (χ1v) is 9.81. The van der Waals surface area contributed by atoms with Gasteiger partial charge in [0.2, 0.25) is 0 Å². The number of benzene rings is 1. The first kappa shape index (κ1) is 22.1. The van der Waals surface area contributed by atoms with E-state index in [1.54, 1.807) is 6.92 Å². The third-order valence-corrected chi connectivity index (χ3v) is 5.25. The number of alkyl halides is 2. The number of halogens is 2. The first-order chi connectivity index (χ1) is 13.3. The Bertz CT molecular complexity index is 690. The molecular weight excluding hydrogens is 388 g/mol. The van der Waals surface area contributed by atoms with E-state index in [9.17, 15) is 13.6 Å². The standard InChI is InChI=1S/C19H27F2N3O3S/c1-4-26-16-10-13(8-9-15(16)27-18(20)21)17(25)23-24-19(28)22-14-7-5-6-11(2)12(14)3/h8-12,14,18H,4-7H2,1-3H3,(H,23,25)(H2,22,24,28)/t11-,12-,14+/m0/s1. The van der Waals surface area contributed by atoms with Gasteiger partial charge in [-0.1, -0.05) is 26.7 Å². The Labute approximate surface area is 169 Å². The van der Waals surface area contributed by atoms with Gasteiger partial charge in [0.15, 0.2) is 16.6 Å². The quantitative estimate of drug-likeness (QED) is 0.487. The molecule has 0 saturated heterocycles. The maximum absolute atomic E-state index is 12.5. The SMILES string of the molecule is CCOc1cc(C(=O)NNC(=S)N[C@@H]2CCC[C@H](C)[C@@H]2C)ccc1OC(F)F. The number of amides is 1. The van der Waals surface area contributed by atoms with E-state index >= 15 is 0 Å². The summed E-state index contributed by atoms with van der Waals surface area (Å²) in [5, 5.41) is 3.58. The van der Waals surface area contributed by atoms with Crippen LogP contribution in [0.3, 0.4) is 0 Å². The Morgan fingerprint density at radius 1 is 1.25 bits per heavy atom. The van der Waals surface area contributed by atoms with Crippen molar-refractivity contribution in [3.63, 3.8) is 0 Å². The van der Waals surface area contributed by atoms with Gasteiger partial charge in [0, 0.05) is 11.6 Å². The number of thiocarbonyl (C=S) groups is 1. The van der Waals surface area contributed by atoms with Crippen molar-refractivity contribution in [2.24, 2.45) is 11.8 Å². The number of ether oxygens (including phenoxy) is 2. The van der Waals surface area contributed by atoms with E-state index in [4.69, 9.17) is 17.0 Å². The smallest absolute Gasteiger partial charge is 0.387 e. The predicted octanol–water partition coefficient (Wildman–Crippen LogP) is 3.62. The lowest BCUT2D eigenvalue weighted by molar-refractivity contribution is -0.0514. The van der Waals surface area contributed by atoms with Crippen LogP contribution in [-0.2, 0) is 0 Å². The minimum absolute atomic E-state index is 0.0705. The van der Waals surface area contributed by atoms with Crippen LogP contribution in [0.1, 0.15) is 50.4 Å². The van der Waals surface area contributed by atoms with E-state index in [0.29, 0.717) is 16.9 Å². The fourth-order valence-electron chi connectivity index (χ4n) is 3.29. The van der Waals surface area contributed by atoms with E-state index in [-0.39, 0.29) is 29.7 Å². The van der Waals surface area contributed by atoms with Gasteiger partial charge in [-0.25, -0.2) is 0 Å². The van der Waals surface area contributed by atoms with Crippen molar-refractivity contribution in [3.8, 4) is 11.5 Å². The molecule has 6 nitrogen and oxygen atoms in total. The highest BCUT2D eigenvalue weighted by atomic mass is 32.1. The van der Waals surface area contributed by atoms with Crippen molar-refractivity contribution in [2.75, 3.05) is 6.61 Å². The molecule has 0 bridgehead atoms. The van der Waals surface area contributed by atoms with Crippen molar-refractivity contribution < 1.29 is 23.0 Å². The van der Waals surface area contributed by atoms with Crippen LogP contribution in [0.4, 0.5) is 8.78 Å². The average molecular weight is 416 g/mol. The first-order valence-electron chi connectivity index (χ1n) is 9.40. The molecule has 0 unspecified atom stereocenters. The third-order valence-electron chi connectivity index (χ3n) is 5.03. The molecule has 1 aromatic rings. The summed E-state index contributed by atoms with van der Waals surface area (Å²) in [5.41, 5.74) is 5.42. The summed E-state index contributed by atoms with van der Waals surface area (Å²) in [7, 11) is 0. The molecule has 28 heavy (non-hydrogen) atoms. The summed E-state index contributed by atoms with van der Waals surface area (Å²) in [4.78, 5) is 12.3. The van der Waals surface area contributed by atoms with Gasteiger partial charge in [0.1, 0.15) is 0 Å². The number of rotatable bonds is 6. The van der Waals surface area contributed by atoms with E-state index in [1.807, 2.05) is 0 Å². The Morgan fingerprint density at radius 2 is 2.00 bits per heavy atom. The lowest BCUT2D eigenvalue weighted by Gasteiger charge is -2.35. The van der Waals surface area contributed by atoms with Crippen molar-refractivity contribution in [1.82, 2.24) is 16.2 Å². The van der Waals surface area contributed by atoms with Gasteiger partial charge < -0.3 is 14.8 Å². The highest BCUT2D eigenvalue weighted by molar-refractivity contribution is 7.80. The Morgan fingerprint density at radius 3 is 2.68 bits per heavy atom. The third kappa shape index (κ3) is 6.19. The van der Waals surface area contributed by atoms with E-state index in [1.165, 1.54) is 24.6 Å². The van der Waals surface area contributed by atoms with Crippen LogP contribution < -0.4 is 25.6 Å². The molecule has 0 aliphatic heterocycles. The molecule has 3 N–H and O–H groups in total. The molecule has 156 valence electrons. The van der Waals surface area contributed by atoms with Crippen molar-refractivity contribution in [2.45, 2.75) is 52.7 Å². The average Bonchev–Trinajstić information content (AvgIpc) is 2.64. The predicted molar refractivity (Wildman–Crippen MR) is 107 cm³/mol. The second-order valence-corrected chi connectivity index (χ2v) is 7.31. The summed E-state index contributed by atoms with van der Waals surface area (Å²) in [6, 6.07) is 4.25. The number of nitrogens with one attached hydrogen (secondary N) is 3. The van der Waals surface area contributed by atoms with Crippen LogP contribution in [0.15, 0.2) is 18.2 Å².